The molecule has 1 heterocycles. The molecule has 0 atom stereocenters. The molecule has 0 spiro atoms. The maximum Gasteiger partial charge on any atom is 0.492 e. The summed E-state index contributed by atoms with van der Waals surface area (Å²) in [4.78, 5) is 12.3. The lowest BCUT2D eigenvalue weighted by atomic mass is 9.77. The van der Waals surface area contributed by atoms with E-state index in [4.69, 9.17) is 25.6 Å². The molecule has 0 aliphatic carbocycles. The Labute approximate surface area is 189 Å². The van der Waals surface area contributed by atoms with Gasteiger partial charge < -0.3 is 19.4 Å². The van der Waals surface area contributed by atoms with Crippen molar-refractivity contribution in [1.29, 1.82) is 0 Å². The van der Waals surface area contributed by atoms with Crippen LogP contribution in [0.2, 0.25) is 5.02 Å². The fourth-order valence-corrected chi connectivity index (χ4v) is 3.23. The Morgan fingerprint density at radius 3 is 2.35 bits per heavy atom. The largest absolute Gasteiger partial charge is 0.492 e. The quantitative estimate of drug-likeness (QED) is 0.594. The van der Waals surface area contributed by atoms with Crippen LogP contribution in [0.25, 0.3) is 6.08 Å². The van der Waals surface area contributed by atoms with Crippen LogP contribution >= 0.6 is 11.6 Å². The molecule has 0 radical (unpaired) electrons. The van der Waals surface area contributed by atoms with Gasteiger partial charge in [-0.05, 0) is 62.8 Å². The van der Waals surface area contributed by atoms with Crippen LogP contribution in [0.4, 0.5) is 4.79 Å². The summed E-state index contributed by atoms with van der Waals surface area (Å²) in [5.41, 5.74) is 2.67. The molecule has 31 heavy (non-hydrogen) atoms. The normalized spacial score (nSPS) is 17.5. The van der Waals surface area contributed by atoms with Crippen LogP contribution in [0.15, 0.2) is 54.0 Å². The molecule has 1 saturated heterocycles. The number of ether oxygens (including phenoxy) is 1. The van der Waals surface area contributed by atoms with Crippen molar-refractivity contribution in [3.8, 4) is 0 Å². The summed E-state index contributed by atoms with van der Waals surface area (Å²) in [7, 11) is -0.588. The third kappa shape index (κ3) is 5.91. The Balaban J connectivity index is 1.73. The zero-order valence-corrected chi connectivity index (χ0v) is 19.5. The minimum absolute atomic E-state index is 0.207. The topological polar surface area (TPSA) is 56.8 Å². The number of nitrogens with one attached hydrogen (secondary N) is 1. The van der Waals surface area contributed by atoms with E-state index in [1.54, 1.807) is 0 Å². The predicted molar refractivity (Wildman–Crippen MR) is 125 cm³/mol. The molecule has 1 aliphatic rings. The van der Waals surface area contributed by atoms with Gasteiger partial charge in [0.25, 0.3) is 0 Å². The summed E-state index contributed by atoms with van der Waals surface area (Å²) >= 11 is 6.16. The van der Waals surface area contributed by atoms with Gasteiger partial charge in [0.2, 0.25) is 0 Å². The number of halogens is 1. The Morgan fingerprint density at radius 2 is 1.74 bits per heavy atom. The van der Waals surface area contributed by atoms with Crippen LogP contribution in [0.3, 0.4) is 0 Å². The molecule has 2 aromatic rings. The molecule has 0 saturated carbocycles. The van der Waals surface area contributed by atoms with Gasteiger partial charge in [-0.1, -0.05) is 60.1 Å². The van der Waals surface area contributed by atoms with Crippen LogP contribution in [0.1, 0.15) is 44.4 Å². The second-order valence-corrected chi connectivity index (χ2v) is 9.14. The molecule has 164 valence electrons. The molecular weight excluding hydrogens is 413 g/mol. The van der Waals surface area contributed by atoms with Crippen molar-refractivity contribution in [3.05, 3.63) is 75.7 Å². The summed E-state index contributed by atoms with van der Waals surface area (Å²) in [5, 5.41) is 3.52. The van der Waals surface area contributed by atoms with Crippen molar-refractivity contribution in [3.63, 3.8) is 0 Å². The second kappa shape index (κ2) is 9.47. The lowest BCUT2D eigenvalue weighted by Gasteiger charge is -2.32. The number of carbonyl (C=O) groups is 1. The molecule has 1 aliphatic heterocycles. The van der Waals surface area contributed by atoms with E-state index in [0.29, 0.717) is 5.02 Å². The highest BCUT2D eigenvalue weighted by molar-refractivity contribution is 6.56. The summed E-state index contributed by atoms with van der Waals surface area (Å²) in [6.07, 6.45) is 1.46. The highest BCUT2D eigenvalue weighted by atomic mass is 35.5. The van der Waals surface area contributed by atoms with E-state index >= 15 is 0 Å². The van der Waals surface area contributed by atoms with Gasteiger partial charge in [0.05, 0.1) is 11.2 Å². The maximum atomic E-state index is 12.3. The number of alkyl carbamates (subject to hydrolysis) is 1. The van der Waals surface area contributed by atoms with E-state index in [-0.39, 0.29) is 13.2 Å². The van der Waals surface area contributed by atoms with Gasteiger partial charge in [0, 0.05) is 11.6 Å². The van der Waals surface area contributed by atoms with Gasteiger partial charge in [-0.2, -0.15) is 0 Å². The highest BCUT2D eigenvalue weighted by Crippen LogP contribution is 2.38. The second-order valence-electron chi connectivity index (χ2n) is 8.73. The van der Waals surface area contributed by atoms with Crippen LogP contribution in [-0.2, 0) is 20.7 Å². The van der Waals surface area contributed by atoms with Crippen molar-refractivity contribution in [2.45, 2.75) is 52.4 Å². The van der Waals surface area contributed by atoms with Gasteiger partial charge in [-0.3, -0.25) is 0 Å². The van der Waals surface area contributed by atoms with Crippen LogP contribution in [-0.4, -0.2) is 31.0 Å². The van der Waals surface area contributed by atoms with E-state index in [9.17, 15) is 4.79 Å². The zero-order chi connectivity index (χ0) is 22.6. The first-order chi connectivity index (χ1) is 14.6. The molecule has 0 unspecified atom stereocenters. The Hall–Kier alpha value is -2.28. The molecule has 2 aromatic carbocycles. The van der Waals surface area contributed by atoms with E-state index in [2.05, 4.69) is 5.32 Å². The average molecular weight is 442 g/mol. The minimum Gasteiger partial charge on any atom is -0.445 e. The first kappa shape index (κ1) is 23.4. The number of carbonyl (C=O) groups excluding carboxylic acids is 1. The summed E-state index contributed by atoms with van der Waals surface area (Å²) in [5.74, 6) is 0. The average Bonchev–Trinajstić information content (AvgIpc) is 2.94. The Bertz CT molecular complexity index is 943. The predicted octanol–water partition coefficient (Wildman–Crippen LogP) is 5.59. The molecule has 3 rings (SSSR count). The van der Waals surface area contributed by atoms with E-state index in [1.165, 1.54) is 0 Å². The van der Waals surface area contributed by atoms with Gasteiger partial charge >= 0.3 is 13.2 Å². The molecule has 7 heteroatoms. The number of amides is 1. The molecular formula is C24H29BClNO4. The Morgan fingerprint density at radius 1 is 1.10 bits per heavy atom. The molecule has 1 amide bonds. The van der Waals surface area contributed by atoms with E-state index < -0.39 is 24.4 Å². The lowest BCUT2D eigenvalue weighted by Crippen LogP contribution is -2.41. The number of rotatable bonds is 6. The first-order valence-electron chi connectivity index (χ1n) is 10.3. The fourth-order valence-electron chi connectivity index (χ4n) is 3.12. The minimum atomic E-state index is -0.588. The van der Waals surface area contributed by atoms with Crippen molar-refractivity contribution in [2.75, 3.05) is 6.54 Å². The Kier molecular flexibility index (Phi) is 7.15. The monoisotopic (exact) mass is 441 g/mol. The van der Waals surface area contributed by atoms with E-state index in [1.807, 2.05) is 89.2 Å². The van der Waals surface area contributed by atoms with Gasteiger partial charge in [-0.25, -0.2) is 4.79 Å². The van der Waals surface area contributed by atoms with Gasteiger partial charge in [-0.15, -0.1) is 0 Å². The summed E-state index contributed by atoms with van der Waals surface area (Å²) < 4.78 is 17.7. The van der Waals surface area contributed by atoms with Gasteiger partial charge in [0.1, 0.15) is 6.61 Å². The fraction of sp³-hybridized carbons (Fsp3) is 0.375. The van der Waals surface area contributed by atoms with Crippen LogP contribution < -0.4 is 5.32 Å². The number of hydrogen-bond donors (Lipinski definition) is 1. The molecule has 5 nitrogen and oxygen atoms in total. The number of aryl methyl sites for hydroxylation is 1. The van der Waals surface area contributed by atoms with Crippen LogP contribution in [0, 0.1) is 6.92 Å². The first-order valence-corrected chi connectivity index (χ1v) is 10.7. The van der Waals surface area contributed by atoms with Gasteiger partial charge in [0.15, 0.2) is 0 Å². The third-order valence-corrected chi connectivity index (χ3v) is 6.16. The maximum absolute atomic E-state index is 12.3. The van der Waals surface area contributed by atoms with E-state index in [0.717, 1.165) is 22.2 Å². The number of benzene rings is 2. The number of hydrogen-bond acceptors (Lipinski definition) is 4. The lowest BCUT2D eigenvalue weighted by molar-refractivity contribution is 0.00578. The van der Waals surface area contributed by atoms with Crippen molar-refractivity contribution < 1.29 is 18.8 Å². The molecule has 1 N–H and O–H groups in total. The molecule has 0 bridgehead atoms. The molecule has 0 aromatic heterocycles. The van der Waals surface area contributed by atoms with Crippen molar-refractivity contribution in [1.82, 2.24) is 5.32 Å². The standard InChI is InChI=1S/C24H29BClNO4/c1-17-13-19(11-12-21(17)26)14-20(25-30-23(2,3)24(4,5)31-25)15-27-22(28)29-16-18-9-7-6-8-10-18/h6-14H,15-16H2,1-5H3,(H,27,28). The smallest absolute Gasteiger partial charge is 0.445 e. The highest BCUT2D eigenvalue weighted by Gasteiger charge is 2.52. The van der Waals surface area contributed by atoms with Crippen molar-refractivity contribution >= 4 is 30.9 Å². The van der Waals surface area contributed by atoms with Crippen molar-refractivity contribution in [2.24, 2.45) is 0 Å². The summed E-state index contributed by atoms with van der Waals surface area (Å²) in [6, 6.07) is 15.3. The third-order valence-electron chi connectivity index (χ3n) is 5.74. The zero-order valence-electron chi connectivity index (χ0n) is 18.7. The SMILES string of the molecule is Cc1cc(C=C(CNC(=O)OCc2ccccc2)B2OC(C)(C)C(C)(C)O2)ccc1Cl. The molecule has 1 fully saturated rings. The summed E-state index contributed by atoms with van der Waals surface area (Å²) in [6.45, 7) is 10.4. The van der Waals surface area contributed by atoms with Crippen LogP contribution in [0.5, 0.6) is 0 Å².